The molecule has 0 radical (unpaired) electrons. The van der Waals surface area contributed by atoms with Crippen molar-refractivity contribution in [1.82, 2.24) is 10.2 Å². The first-order valence-electron chi connectivity index (χ1n) is 11.7. The fourth-order valence-corrected chi connectivity index (χ4v) is 4.85. The lowest BCUT2D eigenvalue weighted by Gasteiger charge is -2.32. The number of ether oxygens (including phenoxy) is 1. The molecule has 3 aromatic rings. The summed E-state index contributed by atoms with van der Waals surface area (Å²) in [6.45, 7) is 3.80. The predicted octanol–water partition coefficient (Wildman–Crippen LogP) is 5.41. The minimum absolute atomic E-state index is 0.0248. The van der Waals surface area contributed by atoms with E-state index >= 15 is 0 Å². The summed E-state index contributed by atoms with van der Waals surface area (Å²) < 4.78 is 5.44. The summed E-state index contributed by atoms with van der Waals surface area (Å²) in [7, 11) is 0. The molecule has 34 heavy (non-hydrogen) atoms. The van der Waals surface area contributed by atoms with E-state index in [0.29, 0.717) is 30.8 Å². The van der Waals surface area contributed by atoms with Gasteiger partial charge in [0.2, 0.25) is 0 Å². The Balaban J connectivity index is 1.23. The van der Waals surface area contributed by atoms with E-state index < -0.39 is 0 Å². The number of piperidine rings is 1. The zero-order valence-electron chi connectivity index (χ0n) is 19.4. The fourth-order valence-electron chi connectivity index (χ4n) is 3.97. The van der Waals surface area contributed by atoms with Crippen LogP contribution in [0.25, 0.3) is 0 Å². The Labute approximate surface area is 205 Å². The number of benzene rings is 3. The van der Waals surface area contributed by atoms with Crippen molar-refractivity contribution in [2.45, 2.75) is 36.5 Å². The van der Waals surface area contributed by atoms with E-state index in [0.717, 1.165) is 24.3 Å². The Bertz CT molecular complexity index is 1080. The average molecular weight is 475 g/mol. The molecule has 176 valence electrons. The quantitative estimate of drug-likeness (QED) is 0.444. The monoisotopic (exact) mass is 474 g/mol. The molecule has 0 saturated carbocycles. The fraction of sp³-hybridized carbons (Fsp3) is 0.286. The number of carbonyl (C=O) groups is 2. The van der Waals surface area contributed by atoms with Gasteiger partial charge in [-0.05, 0) is 73.9 Å². The van der Waals surface area contributed by atoms with Crippen molar-refractivity contribution in [2.75, 3.05) is 19.7 Å². The minimum atomic E-state index is -0.0569. The topological polar surface area (TPSA) is 58.6 Å². The van der Waals surface area contributed by atoms with Crippen LogP contribution >= 0.6 is 11.8 Å². The molecule has 0 spiro atoms. The van der Waals surface area contributed by atoms with E-state index in [-0.39, 0.29) is 17.9 Å². The van der Waals surface area contributed by atoms with Crippen LogP contribution in [0.4, 0.5) is 0 Å². The molecule has 0 atom stereocenters. The molecule has 1 N–H and O–H groups in total. The summed E-state index contributed by atoms with van der Waals surface area (Å²) in [6.07, 6.45) is 1.50. The first kappa shape index (κ1) is 23.9. The molecule has 1 fully saturated rings. The highest BCUT2D eigenvalue weighted by Crippen LogP contribution is 2.22. The number of thioether (sulfide) groups is 1. The number of hydrogen-bond donors (Lipinski definition) is 1. The molecule has 0 unspecified atom stereocenters. The molecule has 4 rings (SSSR count). The third kappa shape index (κ3) is 6.41. The lowest BCUT2D eigenvalue weighted by Crippen LogP contribution is -2.46. The summed E-state index contributed by atoms with van der Waals surface area (Å²) in [6, 6.07) is 25.5. The maximum atomic E-state index is 12.8. The molecule has 0 aromatic heterocycles. The van der Waals surface area contributed by atoms with Crippen molar-refractivity contribution < 1.29 is 14.3 Å². The van der Waals surface area contributed by atoms with Crippen molar-refractivity contribution in [3.63, 3.8) is 0 Å². The van der Waals surface area contributed by atoms with Gasteiger partial charge in [0.15, 0.2) is 0 Å². The van der Waals surface area contributed by atoms with Crippen LogP contribution in [0.5, 0.6) is 5.75 Å². The smallest absolute Gasteiger partial charge is 0.253 e. The van der Waals surface area contributed by atoms with Gasteiger partial charge in [-0.15, -0.1) is 11.8 Å². The van der Waals surface area contributed by atoms with Crippen LogP contribution in [0.1, 0.15) is 46.0 Å². The molecule has 0 aliphatic carbocycles. The number of nitrogens with zero attached hydrogens (tertiary/aromatic N) is 1. The van der Waals surface area contributed by atoms with Crippen molar-refractivity contribution in [1.29, 1.82) is 0 Å². The van der Waals surface area contributed by atoms with E-state index in [4.69, 9.17) is 4.74 Å². The van der Waals surface area contributed by atoms with Crippen molar-refractivity contribution in [3.8, 4) is 5.75 Å². The third-order valence-electron chi connectivity index (χ3n) is 5.89. The second-order valence-corrected chi connectivity index (χ2v) is 9.34. The first-order valence-corrected chi connectivity index (χ1v) is 12.7. The number of carbonyl (C=O) groups excluding carboxylic acids is 2. The lowest BCUT2D eigenvalue weighted by atomic mass is 10.0. The predicted molar refractivity (Wildman–Crippen MR) is 136 cm³/mol. The molecule has 1 heterocycles. The zero-order valence-corrected chi connectivity index (χ0v) is 20.2. The summed E-state index contributed by atoms with van der Waals surface area (Å²) in [5, 5.41) is 3.13. The Morgan fingerprint density at radius 3 is 2.21 bits per heavy atom. The van der Waals surface area contributed by atoms with Crippen molar-refractivity contribution >= 4 is 23.6 Å². The molecular formula is C28H30N2O3S. The highest BCUT2D eigenvalue weighted by atomic mass is 32.2. The third-order valence-corrected chi connectivity index (χ3v) is 6.98. The van der Waals surface area contributed by atoms with Crippen molar-refractivity contribution in [2.24, 2.45) is 0 Å². The van der Waals surface area contributed by atoms with Gasteiger partial charge in [0.05, 0.1) is 6.61 Å². The largest absolute Gasteiger partial charge is 0.494 e. The molecule has 0 bridgehead atoms. The maximum absolute atomic E-state index is 12.8. The zero-order chi connectivity index (χ0) is 23.8. The molecule has 1 aliphatic rings. The van der Waals surface area contributed by atoms with Crippen LogP contribution in [-0.4, -0.2) is 42.5 Å². The summed E-state index contributed by atoms with van der Waals surface area (Å²) in [5.41, 5.74) is 2.52. The van der Waals surface area contributed by atoms with Gasteiger partial charge in [-0.25, -0.2) is 0 Å². The molecule has 2 amide bonds. The molecular weight excluding hydrogens is 444 g/mol. The van der Waals surface area contributed by atoms with Crippen molar-refractivity contribution in [3.05, 3.63) is 95.6 Å². The SMILES string of the molecule is CCOc1ccc(C(=O)N2CCC(NC(=O)c3ccc(CSc4ccccc4)cc3)CC2)cc1. The number of likely N-dealkylation sites (tertiary alicyclic amines) is 1. The van der Waals surface area contributed by atoms with E-state index in [1.54, 1.807) is 11.8 Å². The van der Waals surface area contributed by atoms with Gasteiger partial charge >= 0.3 is 0 Å². The van der Waals surface area contributed by atoms with Crippen LogP contribution < -0.4 is 10.1 Å². The van der Waals surface area contributed by atoms with Gasteiger partial charge in [-0.1, -0.05) is 30.3 Å². The minimum Gasteiger partial charge on any atom is -0.494 e. The Kier molecular flexibility index (Phi) is 8.26. The standard InChI is InChI=1S/C28H30N2O3S/c1-2-33-25-14-12-23(13-15-25)28(32)30-18-16-24(17-19-30)29-27(31)22-10-8-21(9-11-22)20-34-26-6-4-3-5-7-26/h3-15,24H,2,16-20H2,1H3,(H,29,31). The number of hydrogen-bond acceptors (Lipinski definition) is 4. The Morgan fingerprint density at radius 2 is 1.56 bits per heavy atom. The van der Waals surface area contributed by atoms with Crippen LogP contribution in [-0.2, 0) is 5.75 Å². The van der Waals surface area contributed by atoms with Crippen LogP contribution in [0, 0.1) is 0 Å². The molecule has 1 aliphatic heterocycles. The number of nitrogens with one attached hydrogen (secondary N) is 1. The summed E-state index contributed by atoms with van der Waals surface area (Å²) in [5.74, 6) is 1.60. The number of amides is 2. The number of rotatable bonds is 8. The summed E-state index contributed by atoms with van der Waals surface area (Å²) in [4.78, 5) is 28.6. The normalized spacial score (nSPS) is 14.0. The van der Waals surface area contributed by atoms with E-state index in [1.165, 1.54) is 10.5 Å². The van der Waals surface area contributed by atoms with E-state index in [2.05, 4.69) is 17.4 Å². The van der Waals surface area contributed by atoms with Gasteiger partial charge < -0.3 is 15.0 Å². The van der Waals surface area contributed by atoms with Crippen LogP contribution in [0.2, 0.25) is 0 Å². The highest BCUT2D eigenvalue weighted by Gasteiger charge is 2.25. The molecule has 1 saturated heterocycles. The Morgan fingerprint density at radius 1 is 0.912 bits per heavy atom. The summed E-state index contributed by atoms with van der Waals surface area (Å²) >= 11 is 1.78. The highest BCUT2D eigenvalue weighted by molar-refractivity contribution is 7.98. The maximum Gasteiger partial charge on any atom is 0.253 e. The van der Waals surface area contributed by atoms with Gasteiger partial charge in [-0.2, -0.15) is 0 Å². The van der Waals surface area contributed by atoms with E-state index in [9.17, 15) is 9.59 Å². The molecule has 5 nitrogen and oxygen atoms in total. The Hall–Kier alpha value is -3.25. The first-order chi connectivity index (χ1) is 16.6. The second-order valence-electron chi connectivity index (χ2n) is 8.30. The van der Waals surface area contributed by atoms with Crippen LogP contribution in [0.15, 0.2) is 83.8 Å². The molecule has 6 heteroatoms. The lowest BCUT2D eigenvalue weighted by molar-refractivity contribution is 0.0698. The van der Waals surface area contributed by atoms with E-state index in [1.807, 2.05) is 78.6 Å². The van der Waals surface area contributed by atoms with Gasteiger partial charge in [0, 0.05) is 40.9 Å². The van der Waals surface area contributed by atoms with Gasteiger partial charge in [0.1, 0.15) is 5.75 Å². The molecule has 3 aromatic carbocycles. The van der Waals surface area contributed by atoms with Gasteiger partial charge in [-0.3, -0.25) is 9.59 Å². The average Bonchev–Trinajstić information content (AvgIpc) is 2.89. The van der Waals surface area contributed by atoms with Crippen LogP contribution in [0.3, 0.4) is 0 Å². The second kappa shape index (κ2) is 11.7. The van der Waals surface area contributed by atoms with Gasteiger partial charge in [0.25, 0.3) is 11.8 Å².